The van der Waals surface area contributed by atoms with Crippen molar-refractivity contribution in [1.29, 1.82) is 0 Å². The number of aliphatic carboxylic acids is 1. The minimum absolute atomic E-state index is 0.0701. The van der Waals surface area contributed by atoms with Crippen LogP contribution in [-0.4, -0.2) is 42.6 Å². The predicted molar refractivity (Wildman–Crippen MR) is 105 cm³/mol. The molecule has 2 aromatic carbocycles. The number of hydrogen-bond donors (Lipinski definition) is 1. The molecule has 1 heterocycles. The van der Waals surface area contributed by atoms with Crippen LogP contribution in [-0.2, 0) is 27.4 Å². The average molecular weight is 472 g/mol. The molecule has 0 fully saturated rings. The first kappa shape index (κ1) is 23.3. The van der Waals surface area contributed by atoms with Gasteiger partial charge in [0, 0.05) is 17.4 Å². The van der Waals surface area contributed by atoms with E-state index >= 15 is 0 Å². The lowest BCUT2D eigenvalue weighted by Gasteiger charge is -2.13. The smallest absolute Gasteiger partial charge is 0.433 e. The van der Waals surface area contributed by atoms with Gasteiger partial charge < -0.3 is 9.84 Å². The van der Waals surface area contributed by atoms with Crippen molar-refractivity contribution in [2.75, 3.05) is 13.4 Å². The molecule has 1 N–H and O–H groups in total. The molecular weight excluding hydrogens is 456 g/mol. The van der Waals surface area contributed by atoms with Crippen molar-refractivity contribution >= 4 is 15.8 Å². The maximum Gasteiger partial charge on any atom is 0.433 e. The molecule has 0 aliphatic heterocycles. The van der Waals surface area contributed by atoms with Crippen molar-refractivity contribution in [1.82, 2.24) is 9.78 Å². The van der Waals surface area contributed by atoms with E-state index in [0.717, 1.165) is 18.4 Å². The van der Waals surface area contributed by atoms with Crippen LogP contribution in [0.5, 0.6) is 5.75 Å². The number of methoxy groups -OCH3 is 1. The van der Waals surface area contributed by atoms with Crippen molar-refractivity contribution in [2.24, 2.45) is 0 Å². The minimum atomic E-state index is -5.03. The number of aromatic nitrogens is 2. The molecule has 0 radical (unpaired) electrons. The SMILES string of the molecule is COc1ccc(-c2c(-c3ccc(S(C)(=O)=O)cc3)nn(CC(=O)O)c2C(F)(F)F)cc1F. The van der Waals surface area contributed by atoms with Crippen molar-refractivity contribution < 1.29 is 40.6 Å². The van der Waals surface area contributed by atoms with Crippen LogP contribution in [0.25, 0.3) is 22.4 Å². The van der Waals surface area contributed by atoms with Gasteiger partial charge in [-0.3, -0.25) is 4.79 Å². The number of carboxylic acids is 1. The molecule has 32 heavy (non-hydrogen) atoms. The Kier molecular flexibility index (Phi) is 6.00. The number of nitrogens with zero attached hydrogens (tertiary/aromatic N) is 2. The number of benzene rings is 2. The van der Waals surface area contributed by atoms with E-state index in [1.54, 1.807) is 0 Å². The quantitative estimate of drug-likeness (QED) is 0.547. The number of alkyl halides is 3. The molecule has 0 spiro atoms. The highest BCUT2D eigenvalue weighted by Crippen LogP contribution is 2.43. The number of ether oxygens (including phenoxy) is 1. The molecule has 0 aliphatic rings. The average Bonchev–Trinajstić information content (AvgIpc) is 3.06. The summed E-state index contributed by atoms with van der Waals surface area (Å²) in [5.74, 6) is -2.69. The van der Waals surface area contributed by atoms with E-state index in [-0.39, 0.29) is 32.1 Å². The lowest BCUT2D eigenvalue weighted by atomic mass is 9.98. The molecule has 0 saturated heterocycles. The molecule has 3 rings (SSSR count). The first-order valence-electron chi connectivity index (χ1n) is 8.87. The van der Waals surface area contributed by atoms with Gasteiger partial charge in [0.25, 0.3) is 0 Å². The molecule has 0 bridgehead atoms. The summed E-state index contributed by atoms with van der Waals surface area (Å²) in [5.41, 5.74) is -2.35. The predicted octanol–water partition coefficient (Wildman–Crippen LogP) is 3.87. The number of halogens is 4. The third-order valence-electron chi connectivity index (χ3n) is 4.50. The number of sulfone groups is 1. The van der Waals surface area contributed by atoms with Crippen LogP contribution >= 0.6 is 0 Å². The van der Waals surface area contributed by atoms with Crippen molar-refractivity contribution in [3.05, 3.63) is 54.0 Å². The molecule has 7 nitrogen and oxygen atoms in total. The normalized spacial score (nSPS) is 12.1. The molecule has 1 aromatic heterocycles. The summed E-state index contributed by atoms with van der Waals surface area (Å²) < 4.78 is 84.7. The minimum Gasteiger partial charge on any atom is -0.494 e. The molecule has 0 amide bonds. The largest absolute Gasteiger partial charge is 0.494 e. The molecule has 3 aromatic rings. The highest BCUT2D eigenvalue weighted by Gasteiger charge is 2.41. The first-order valence-corrected chi connectivity index (χ1v) is 10.8. The van der Waals surface area contributed by atoms with Crippen molar-refractivity contribution in [3.8, 4) is 28.1 Å². The fourth-order valence-corrected chi connectivity index (χ4v) is 3.78. The van der Waals surface area contributed by atoms with Gasteiger partial charge in [-0.25, -0.2) is 17.5 Å². The van der Waals surface area contributed by atoms with Gasteiger partial charge >= 0.3 is 12.1 Å². The van der Waals surface area contributed by atoms with Gasteiger partial charge in [-0.05, 0) is 29.8 Å². The third kappa shape index (κ3) is 4.59. The topological polar surface area (TPSA) is 98.5 Å². The summed E-state index contributed by atoms with van der Waals surface area (Å²) in [7, 11) is -2.37. The fourth-order valence-electron chi connectivity index (χ4n) is 3.15. The summed E-state index contributed by atoms with van der Waals surface area (Å²) in [6, 6.07) is 8.01. The van der Waals surface area contributed by atoms with E-state index in [0.29, 0.717) is 0 Å². The number of carboxylic acid groups (broad SMARTS) is 1. The van der Waals surface area contributed by atoms with Crippen LogP contribution in [0.2, 0.25) is 0 Å². The molecular formula is C20H16F4N2O5S. The summed E-state index contributed by atoms with van der Waals surface area (Å²) in [6.07, 6.45) is -4.06. The number of hydrogen-bond acceptors (Lipinski definition) is 5. The van der Waals surface area contributed by atoms with Gasteiger partial charge in [0.2, 0.25) is 0 Å². The van der Waals surface area contributed by atoms with Gasteiger partial charge in [-0.2, -0.15) is 18.3 Å². The number of rotatable bonds is 6. The van der Waals surface area contributed by atoms with E-state index < -0.39 is 45.6 Å². The molecule has 0 aliphatic carbocycles. The highest BCUT2D eigenvalue weighted by molar-refractivity contribution is 7.90. The zero-order valence-electron chi connectivity index (χ0n) is 16.6. The second-order valence-electron chi connectivity index (χ2n) is 6.77. The van der Waals surface area contributed by atoms with Crippen LogP contribution in [0, 0.1) is 5.82 Å². The zero-order chi connectivity index (χ0) is 23.8. The monoisotopic (exact) mass is 472 g/mol. The van der Waals surface area contributed by atoms with E-state index in [1.807, 2.05) is 0 Å². The van der Waals surface area contributed by atoms with Gasteiger partial charge in [0.05, 0.1) is 12.0 Å². The first-order chi connectivity index (χ1) is 14.8. The zero-order valence-corrected chi connectivity index (χ0v) is 17.5. The molecule has 0 unspecified atom stereocenters. The molecule has 12 heteroatoms. The Hall–Kier alpha value is -3.41. The summed E-state index contributed by atoms with van der Waals surface area (Å²) in [5, 5.41) is 12.9. The summed E-state index contributed by atoms with van der Waals surface area (Å²) >= 11 is 0. The molecule has 0 saturated carbocycles. The summed E-state index contributed by atoms with van der Waals surface area (Å²) in [6.45, 7) is -1.10. The van der Waals surface area contributed by atoms with E-state index in [2.05, 4.69) is 5.10 Å². The highest BCUT2D eigenvalue weighted by atomic mass is 32.2. The molecule has 0 atom stereocenters. The third-order valence-corrected chi connectivity index (χ3v) is 5.63. The Morgan fingerprint density at radius 2 is 1.72 bits per heavy atom. The Bertz CT molecular complexity index is 1280. The lowest BCUT2D eigenvalue weighted by molar-refractivity contribution is -0.146. The van der Waals surface area contributed by atoms with Crippen molar-refractivity contribution in [3.63, 3.8) is 0 Å². The lowest BCUT2D eigenvalue weighted by Crippen LogP contribution is -2.19. The van der Waals surface area contributed by atoms with E-state index in [1.165, 1.54) is 37.4 Å². The maximum atomic E-state index is 14.3. The Morgan fingerprint density at radius 3 is 2.19 bits per heavy atom. The standard InChI is InChI=1S/C20H16F4N2O5S/c1-31-15-8-5-12(9-14(15)21)17-18(11-3-6-13(7-4-11)32(2,29)30)25-26(10-16(27)28)19(17)20(22,23)24/h3-9H,10H2,1-2H3,(H,27,28). The van der Waals surface area contributed by atoms with Crippen LogP contribution in [0.1, 0.15) is 5.69 Å². The van der Waals surface area contributed by atoms with Gasteiger partial charge in [-0.1, -0.05) is 18.2 Å². The molecule has 170 valence electrons. The van der Waals surface area contributed by atoms with E-state index in [9.17, 15) is 30.8 Å². The second-order valence-corrected chi connectivity index (χ2v) is 8.78. The Morgan fingerprint density at radius 1 is 1.12 bits per heavy atom. The second kappa shape index (κ2) is 8.26. The van der Waals surface area contributed by atoms with Gasteiger partial charge in [-0.15, -0.1) is 0 Å². The Labute approximate surface area is 179 Å². The van der Waals surface area contributed by atoms with Crippen LogP contribution in [0.3, 0.4) is 0 Å². The number of carbonyl (C=O) groups is 1. The summed E-state index contributed by atoms with van der Waals surface area (Å²) in [4.78, 5) is 11.1. The van der Waals surface area contributed by atoms with Crippen LogP contribution in [0.4, 0.5) is 17.6 Å². The van der Waals surface area contributed by atoms with E-state index in [4.69, 9.17) is 9.84 Å². The van der Waals surface area contributed by atoms with Crippen LogP contribution in [0.15, 0.2) is 47.4 Å². The maximum absolute atomic E-state index is 14.3. The van der Waals surface area contributed by atoms with Gasteiger partial charge in [0.1, 0.15) is 12.2 Å². The van der Waals surface area contributed by atoms with Crippen molar-refractivity contribution in [2.45, 2.75) is 17.6 Å². The Balaban J connectivity index is 2.34. The van der Waals surface area contributed by atoms with Gasteiger partial charge in [0.15, 0.2) is 27.1 Å². The van der Waals surface area contributed by atoms with Crippen LogP contribution < -0.4 is 4.74 Å². The fraction of sp³-hybridized carbons (Fsp3) is 0.200.